The number of hydrogen-bond acceptors (Lipinski definition) is 3. The Morgan fingerprint density at radius 1 is 1.33 bits per heavy atom. The van der Waals surface area contributed by atoms with Crippen LogP contribution in [0.3, 0.4) is 0 Å². The van der Waals surface area contributed by atoms with Gasteiger partial charge in [-0.3, -0.25) is 4.68 Å². The van der Waals surface area contributed by atoms with Crippen molar-refractivity contribution in [2.75, 3.05) is 13.7 Å². The first-order valence-corrected chi connectivity index (χ1v) is 6.18. The number of benzene rings is 1. The highest BCUT2D eigenvalue weighted by Gasteiger charge is 2.06. The van der Waals surface area contributed by atoms with E-state index in [4.69, 9.17) is 10.5 Å². The Morgan fingerprint density at radius 3 is 2.83 bits per heavy atom. The zero-order chi connectivity index (χ0) is 13.0. The molecule has 1 aromatic heterocycles. The van der Waals surface area contributed by atoms with E-state index >= 15 is 0 Å². The molecule has 1 aromatic carbocycles. The van der Waals surface area contributed by atoms with Crippen molar-refractivity contribution in [1.82, 2.24) is 9.78 Å². The molecule has 0 unspecified atom stereocenters. The van der Waals surface area contributed by atoms with E-state index in [1.807, 2.05) is 23.1 Å². The van der Waals surface area contributed by atoms with Crippen LogP contribution in [0.15, 0.2) is 30.6 Å². The van der Waals surface area contributed by atoms with Crippen molar-refractivity contribution < 1.29 is 4.74 Å². The van der Waals surface area contributed by atoms with Crippen LogP contribution in [-0.4, -0.2) is 23.4 Å². The summed E-state index contributed by atoms with van der Waals surface area (Å²) in [7, 11) is 1.70. The minimum Gasteiger partial charge on any atom is -0.496 e. The first kappa shape index (κ1) is 12.6. The molecule has 18 heavy (non-hydrogen) atoms. The summed E-state index contributed by atoms with van der Waals surface area (Å²) in [5.74, 6) is 0.940. The number of aryl methyl sites for hydroxylation is 1. The largest absolute Gasteiger partial charge is 0.496 e. The maximum atomic E-state index is 5.51. The molecule has 0 fully saturated rings. The van der Waals surface area contributed by atoms with Gasteiger partial charge in [-0.2, -0.15) is 5.10 Å². The summed E-state index contributed by atoms with van der Waals surface area (Å²) in [6.07, 6.45) is 4.85. The first-order valence-electron chi connectivity index (χ1n) is 6.18. The first-order chi connectivity index (χ1) is 8.78. The van der Waals surface area contributed by atoms with Gasteiger partial charge in [0.1, 0.15) is 5.75 Å². The lowest BCUT2D eigenvalue weighted by molar-refractivity contribution is 0.410. The molecule has 0 atom stereocenters. The van der Waals surface area contributed by atoms with Crippen LogP contribution in [0.2, 0.25) is 0 Å². The molecule has 2 rings (SSSR count). The van der Waals surface area contributed by atoms with Crippen molar-refractivity contribution in [3.63, 3.8) is 0 Å². The van der Waals surface area contributed by atoms with E-state index in [9.17, 15) is 0 Å². The van der Waals surface area contributed by atoms with Gasteiger partial charge in [-0.25, -0.2) is 0 Å². The van der Waals surface area contributed by atoms with Gasteiger partial charge in [0.2, 0.25) is 0 Å². The van der Waals surface area contributed by atoms with E-state index in [0.29, 0.717) is 6.54 Å². The lowest BCUT2D eigenvalue weighted by atomic mass is 10.0. The Balaban J connectivity index is 2.31. The van der Waals surface area contributed by atoms with Crippen molar-refractivity contribution in [3.8, 4) is 16.9 Å². The zero-order valence-electron chi connectivity index (χ0n) is 10.9. The number of aromatic nitrogens is 2. The monoisotopic (exact) mass is 245 g/mol. The third-order valence-electron chi connectivity index (χ3n) is 2.99. The SMILES string of the molecule is CCc1cc(-c2cnn(CCN)c2)ccc1OC. The van der Waals surface area contributed by atoms with E-state index in [-0.39, 0.29) is 0 Å². The van der Waals surface area contributed by atoms with Gasteiger partial charge in [-0.1, -0.05) is 13.0 Å². The standard InChI is InChI=1S/C14H19N3O/c1-3-11-8-12(4-5-14(11)18-2)13-9-16-17(10-13)7-6-15/h4-5,8-10H,3,6-7,15H2,1-2H3. The quantitative estimate of drug-likeness (QED) is 0.877. The summed E-state index contributed by atoms with van der Waals surface area (Å²) in [4.78, 5) is 0. The highest BCUT2D eigenvalue weighted by atomic mass is 16.5. The van der Waals surface area contributed by atoms with Crippen molar-refractivity contribution in [2.24, 2.45) is 5.73 Å². The normalized spacial score (nSPS) is 10.6. The van der Waals surface area contributed by atoms with Gasteiger partial charge < -0.3 is 10.5 Å². The number of hydrogen-bond donors (Lipinski definition) is 1. The second-order valence-corrected chi connectivity index (χ2v) is 4.16. The van der Waals surface area contributed by atoms with Crippen molar-refractivity contribution >= 4 is 0 Å². The second kappa shape index (κ2) is 5.69. The van der Waals surface area contributed by atoms with Crippen molar-refractivity contribution in [3.05, 3.63) is 36.2 Å². The van der Waals surface area contributed by atoms with Crippen LogP contribution in [0.1, 0.15) is 12.5 Å². The lowest BCUT2D eigenvalue weighted by Crippen LogP contribution is -2.09. The summed E-state index contributed by atoms with van der Waals surface area (Å²) < 4.78 is 7.20. The number of nitrogens with zero attached hydrogens (tertiary/aromatic N) is 2. The minimum atomic E-state index is 0.601. The van der Waals surface area contributed by atoms with Crippen LogP contribution in [0.25, 0.3) is 11.1 Å². The van der Waals surface area contributed by atoms with Crippen molar-refractivity contribution in [2.45, 2.75) is 19.9 Å². The summed E-state index contributed by atoms with van der Waals surface area (Å²) in [5.41, 5.74) is 9.00. The topological polar surface area (TPSA) is 53.1 Å². The smallest absolute Gasteiger partial charge is 0.122 e. The van der Waals surface area contributed by atoms with Crippen molar-refractivity contribution in [1.29, 1.82) is 0 Å². The van der Waals surface area contributed by atoms with Crippen LogP contribution in [0.4, 0.5) is 0 Å². The second-order valence-electron chi connectivity index (χ2n) is 4.16. The molecule has 0 aliphatic rings. The number of ether oxygens (including phenoxy) is 1. The Labute approximate surface area is 107 Å². The van der Waals surface area contributed by atoms with Crippen LogP contribution in [0.5, 0.6) is 5.75 Å². The molecule has 0 bridgehead atoms. The third kappa shape index (κ3) is 2.54. The molecular formula is C14H19N3O. The molecule has 0 saturated heterocycles. The molecule has 0 saturated carbocycles. The molecule has 2 N–H and O–H groups in total. The number of nitrogens with two attached hydrogens (primary N) is 1. The van der Waals surface area contributed by atoms with Crippen LogP contribution in [-0.2, 0) is 13.0 Å². The molecule has 4 nitrogen and oxygen atoms in total. The average Bonchev–Trinajstić information content (AvgIpc) is 2.87. The van der Waals surface area contributed by atoms with E-state index in [1.54, 1.807) is 7.11 Å². The highest BCUT2D eigenvalue weighted by molar-refractivity contribution is 5.64. The van der Waals surface area contributed by atoms with Gasteiger partial charge >= 0.3 is 0 Å². The maximum absolute atomic E-state index is 5.51. The van der Waals surface area contributed by atoms with Gasteiger partial charge in [0.15, 0.2) is 0 Å². The highest BCUT2D eigenvalue weighted by Crippen LogP contribution is 2.26. The van der Waals surface area contributed by atoms with Gasteiger partial charge in [0, 0.05) is 18.3 Å². The summed E-state index contributed by atoms with van der Waals surface area (Å²) >= 11 is 0. The molecular weight excluding hydrogens is 226 g/mol. The predicted molar refractivity (Wildman–Crippen MR) is 72.6 cm³/mol. The Morgan fingerprint density at radius 2 is 2.17 bits per heavy atom. The van der Waals surface area contributed by atoms with E-state index in [0.717, 1.165) is 29.8 Å². The fraction of sp³-hybridized carbons (Fsp3) is 0.357. The zero-order valence-corrected chi connectivity index (χ0v) is 10.9. The van der Waals surface area contributed by atoms with Gasteiger partial charge in [-0.15, -0.1) is 0 Å². The number of rotatable bonds is 5. The molecule has 4 heteroatoms. The molecule has 0 aliphatic carbocycles. The summed E-state index contributed by atoms with van der Waals surface area (Å²) in [6.45, 7) is 3.47. The molecule has 1 heterocycles. The van der Waals surface area contributed by atoms with Crippen LogP contribution >= 0.6 is 0 Å². The Hall–Kier alpha value is -1.81. The van der Waals surface area contributed by atoms with E-state index in [1.165, 1.54) is 5.56 Å². The molecule has 0 spiro atoms. The van der Waals surface area contributed by atoms with E-state index in [2.05, 4.69) is 24.2 Å². The van der Waals surface area contributed by atoms with Crippen LogP contribution in [0, 0.1) is 0 Å². The maximum Gasteiger partial charge on any atom is 0.122 e. The third-order valence-corrected chi connectivity index (χ3v) is 2.99. The molecule has 0 radical (unpaired) electrons. The number of methoxy groups -OCH3 is 1. The van der Waals surface area contributed by atoms with Crippen LogP contribution < -0.4 is 10.5 Å². The minimum absolute atomic E-state index is 0.601. The molecule has 2 aromatic rings. The molecule has 0 amide bonds. The fourth-order valence-corrected chi connectivity index (χ4v) is 2.00. The molecule has 96 valence electrons. The van der Waals surface area contributed by atoms with Gasteiger partial charge in [0.25, 0.3) is 0 Å². The Kier molecular flexibility index (Phi) is 3.99. The average molecular weight is 245 g/mol. The Bertz CT molecular complexity index is 520. The summed E-state index contributed by atoms with van der Waals surface area (Å²) in [5, 5.41) is 4.29. The van der Waals surface area contributed by atoms with Gasteiger partial charge in [-0.05, 0) is 29.7 Å². The molecule has 0 aliphatic heterocycles. The van der Waals surface area contributed by atoms with Gasteiger partial charge in [0.05, 0.1) is 19.9 Å². The predicted octanol–water partition coefficient (Wildman–Crippen LogP) is 2.08. The van der Waals surface area contributed by atoms with E-state index < -0.39 is 0 Å². The lowest BCUT2D eigenvalue weighted by Gasteiger charge is -2.08. The summed E-state index contributed by atoms with van der Waals surface area (Å²) in [6, 6.07) is 6.22. The fourth-order valence-electron chi connectivity index (χ4n) is 2.00.